The molecule has 0 aromatic rings. The van der Waals surface area contributed by atoms with Crippen molar-refractivity contribution >= 4 is 28.8 Å². The molecule has 1 N–H and O–H groups in total. The summed E-state index contributed by atoms with van der Waals surface area (Å²) in [7, 11) is 1.17. The van der Waals surface area contributed by atoms with Gasteiger partial charge in [-0.1, -0.05) is 11.8 Å². The summed E-state index contributed by atoms with van der Waals surface area (Å²) in [5.41, 5.74) is 0. The van der Waals surface area contributed by atoms with Crippen molar-refractivity contribution in [2.45, 2.75) is 18.6 Å². The third kappa shape index (κ3) is 5.24. The van der Waals surface area contributed by atoms with Crippen molar-refractivity contribution in [2.24, 2.45) is 0 Å². The smallest absolute Gasteiger partial charge is 0.317 e. The van der Waals surface area contributed by atoms with Crippen molar-refractivity contribution in [3.63, 3.8) is 0 Å². The van der Waals surface area contributed by atoms with E-state index < -0.39 is 17.2 Å². The van der Waals surface area contributed by atoms with Crippen molar-refractivity contribution in [1.29, 1.82) is 0 Å². The monoisotopic (exact) mass is 206 g/mol. The van der Waals surface area contributed by atoms with Crippen LogP contribution in [-0.2, 0) is 19.1 Å². The molecular weight excluding hydrogens is 196 g/mol. The van der Waals surface area contributed by atoms with E-state index >= 15 is 0 Å². The minimum atomic E-state index is -1.19. The molecule has 1 unspecified atom stereocenters. The molecule has 1 atom stereocenters. The summed E-state index contributed by atoms with van der Waals surface area (Å²) >= 11 is 0.612. The Balaban J connectivity index is 4.18. The first kappa shape index (κ1) is 12.0. The summed E-state index contributed by atoms with van der Waals surface area (Å²) in [6, 6.07) is 0. The highest BCUT2D eigenvalue weighted by Gasteiger charge is 2.23. The lowest BCUT2D eigenvalue weighted by Crippen LogP contribution is -2.22. The van der Waals surface area contributed by atoms with E-state index in [1.165, 1.54) is 14.0 Å². The van der Waals surface area contributed by atoms with E-state index in [4.69, 9.17) is 5.11 Å². The summed E-state index contributed by atoms with van der Waals surface area (Å²) in [4.78, 5) is 31.8. The lowest BCUT2D eigenvalue weighted by atomic mass is 10.3. The highest BCUT2D eigenvalue weighted by molar-refractivity contribution is 8.14. The van der Waals surface area contributed by atoms with Gasteiger partial charge in [0.1, 0.15) is 5.25 Å². The molecule has 13 heavy (non-hydrogen) atoms. The molecular formula is C7H10O5S. The number of carboxylic acid groups (broad SMARTS) is 1. The third-order valence-electron chi connectivity index (χ3n) is 1.16. The maximum atomic E-state index is 10.7. The van der Waals surface area contributed by atoms with E-state index in [9.17, 15) is 14.4 Å². The third-order valence-corrected chi connectivity index (χ3v) is 2.15. The standard InChI is InChI=1S/C7H10O5S/c1-4(8)13-5(7(10)11)3-6(9)12-2/h5H,3H2,1-2H3,(H,10,11). The first-order valence-corrected chi connectivity index (χ1v) is 4.32. The number of aliphatic carboxylic acids is 1. The second-order valence-electron chi connectivity index (χ2n) is 2.22. The van der Waals surface area contributed by atoms with Crippen LogP contribution in [-0.4, -0.2) is 34.5 Å². The zero-order valence-electron chi connectivity index (χ0n) is 7.27. The largest absolute Gasteiger partial charge is 0.480 e. The fraction of sp³-hybridized carbons (Fsp3) is 0.571. The summed E-state index contributed by atoms with van der Waals surface area (Å²) in [6.07, 6.45) is -0.296. The Hall–Kier alpha value is -1.04. The summed E-state index contributed by atoms with van der Waals surface area (Å²) in [5.74, 6) is -1.83. The summed E-state index contributed by atoms with van der Waals surface area (Å²) < 4.78 is 4.29. The predicted molar refractivity (Wildman–Crippen MR) is 46.3 cm³/mol. The van der Waals surface area contributed by atoms with Crippen LogP contribution >= 0.6 is 11.8 Å². The van der Waals surface area contributed by atoms with E-state index in [1.807, 2.05) is 0 Å². The number of hydrogen-bond donors (Lipinski definition) is 1. The molecule has 0 spiro atoms. The van der Waals surface area contributed by atoms with Gasteiger partial charge in [-0.15, -0.1) is 0 Å². The van der Waals surface area contributed by atoms with E-state index in [1.54, 1.807) is 0 Å². The first-order chi connectivity index (χ1) is 5.97. The van der Waals surface area contributed by atoms with Crippen LogP contribution in [0.15, 0.2) is 0 Å². The molecule has 0 fully saturated rings. The number of carboxylic acids is 1. The molecule has 0 aliphatic heterocycles. The molecule has 0 aliphatic carbocycles. The molecule has 5 nitrogen and oxygen atoms in total. The Kier molecular flexibility index (Phi) is 5.13. The topological polar surface area (TPSA) is 80.7 Å². The number of carbonyl (C=O) groups excluding carboxylic acids is 2. The van der Waals surface area contributed by atoms with Gasteiger partial charge in [0.25, 0.3) is 0 Å². The minimum Gasteiger partial charge on any atom is -0.480 e. The average Bonchev–Trinajstić information content (AvgIpc) is 2.02. The van der Waals surface area contributed by atoms with Crippen molar-refractivity contribution in [2.75, 3.05) is 7.11 Å². The Morgan fingerprint density at radius 1 is 1.46 bits per heavy atom. The van der Waals surface area contributed by atoms with Crippen LogP contribution in [0.25, 0.3) is 0 Å². The van der Waals surface area contributed by atoms with Gasteiger partial charge in [0, 0.05) is 6.92 Å². The van der Waals surface area contributed by atoms with Gasteiger partial charge in [-0.2, -0.15) is 0 Å². The summed E-state index contributed by atoms with van der Waals surface area (Å²) in [5, 5.41) is 7.20. The van der Waals surface area contributed by atoms with E-state index in [0.29, 0.717) is 11.8 Å². The van der Waals surface area contributed by atoms with Crippen LogP contribution in [0.1, 0.15) is 13.3 Å². The van der Waals surface area contributed by atoms with Crippen LogP contribution in [0.4, 0.5) is 0 Å². The Morgan fingerprint density at radius 3 is 2.31 bits per heavy atom. The maximum Gasteiger partial charge on any atom is 0.317 e. The van der Waals surface area contributed by atoms with Crippen molar-refractivity contribution in [3.8, 4) is 0 Å². The van der Waals surface area contributed by atoms with Crippen LogP contribution in [0.5, 0.6) is 0 Å². The number of hydrogen-bond acceptors (Lipinski definition) is 5. The SMILES string of the molecule is COC(=O)CC(SC(C)=O)C(=O)O. The second-order valence-corrected chi connectivity index (χ2v) is 3.60. The van der Waals surface area contributed by atoms with E-state index in [2.05, 4.69) is 4.74 Å². The number of methoxy groups -OCH3 is 1. The van der Waals surface area contributed by atoms with Crippen molar-refractivity contribution in [3.05, 3.63) is 0 Å². The highest BCUT2D eigenvalue weighted by atomic mass is 32.2. The van der Waals surface area contributed by atoms with Crippen molar-refractivity contribution in [1.82, 2.24) is 0 Å². The Bertz CT molecular complexity index is 225. The molecule has 74 valence electrons. The molecule has 0 aliphatic rings. The molecule has 0 heterocycles. The number of carbonyl (C=O) groups is 3. The van der Waals surface area contributed by atoms with Gasteiger partial charge in [-0.25, -0.2) is 0 Å². The molecule has 0 aromatic heterocycles. The normalized spacial score (nSPS) is 11.8. The van der Waals surface area contributed by atoms with Crippen LogP contribution < -0.4 is 0 Å². The molecule has 0 amide bonds. The lowest BCUT2D eigenvalue weighted by Gasteiger charge is -2.07. The van der Waals surface area contributed by atoms with Crippen molar-refractivity contribution < 1.29 is 24.2 Å². The van der Waals surface area contributed by atoms with Crippen LogP contribution in [0.2, 0.25) is 0 Å². The molecule has 0 bridgehead atoms. The van der Waals surface area contributed by atoms with Gasteiger partial charge in [-0.3, -0.25) is 14.4 Å². The maximum absolute atomic E-state index is 10.7. The molecule has 0 radical (unpaired) electrons. The van der Waals surface area contributed by atoms with Gasteiger partial charge in [0.2, 0.25) is 0 Å². The fourth-order valence-electron chi connectivity index (χ4n) is 0.614. The van der Waals surface area contributed by atoms with Gasteiger partial charge < -0.3 is 9.84 Å². The summed E-state index contributed by atoms with van der Waals surface area (Å²) in [6.45, 7) is 1.25. The lowest BCUT2D eigenvalue weighted by molar-refractivity contribution is -0.145. The molecule has 0 saturated carbocycles. The predicted octanol–water partition coefficient (Wildman–Crippen LogP) is 0.282. The number of rotatable bonds is 4. The van der Waals surface area contributed by atoms with Gasteiger partial charge in [0.05, 0.1) is 13.5 Å². The number of ether oxygens (including phenoxy) is 1. The number of esters is 1. The Labute approximate surface area is 79.4 Å². The van der Waals surface area contributed by atoms with Crippen LogP contribution in [0.3, 0.4) is 0 Å². The van der Waals surface area contributed by atoms with E-state index in [-0.39, 0.29) is 11.5 Å². The quantitative estimate of drug-likeness (QED) is 0.665. The molecule has 0 saturated heterocycles. The fourth-order valence-corrected chi connectivity index (χ4v) is 1.34. The number of thioether (sulfide) groups is 1. The zero-order valence-corrected chi connectivity index (χ0v) is 8.09. The molecule has 6 heteroatoms. The Morgan fingerprint density at radius 2 is 2.00 bits per heavy atom. The molecule has 0 rings (SSSR count). The van der Waals surface area contributed by atoms with Gasteiger partial charge in [0.15, 0.2) is 5.12 Å². The average molecular weight is 206 g/mol. The molecule has 0 aromatic carbocycles. The van der Waals surface area contributed by atoms with Gasteiger partial charge >= 0.3 is 11.9 Å². The van der Waals surface area contributed by atoms with Gasteiger partial charge in [-0.05, 0) is 0 Å². The van der Waals surface area contributed by atoms with E-state index in [0.717, 1.165) is 0 Å². The minimum absolute atomic E-state index is 0.296. The van der Waals surface area contributed by atoms with Crippen LogP contribution in [0, 0.1) is 0 Å². The second kappa shape index (κ2) is 5.58. The zero-order chi connectivity index (χ0) is 10.4. The first-order valence-electron chi connectivity index (χ1n) is 3.44. The highest BCUT2D eigenvalue weighted by Crippen LogP contribution is 2.16.